The third-order valence-electron chi connectivity index (χ3n) is 0.955. The average molecular weight is 218 g/mol. The van der Waals surface area contributed by atoms with Crippen molar-refractivity contribution >= 4 is 22.0 Å². The predicted molar refractivity (Wildman–Crippen MR) is 42.4 cm³/mol. The molecule has 0 amide bonds. The van der Waals surface area contributed by atoms with Gasteiger partial charge >= 0.3 is 0 Å². The first-order valence-electron chi connectivity index (χ1n) is 2.75. The molecule has 0 aliphatic carbocycles. The van der Waals surface area contributed by atoms with Crippen LogP contribution in [-0.2, 0) is 0 Å². The number of furan rings is 1. The van der Waals surface area contributed by atoms with Crippen molar-refractivity contribution in [1.29, 1.82) is 0 Å². The number of halogens is 1. The summed E-state index contributed by atoms with van der Waals surface area (Å²) in [4.78, 5) is 9.30. The van der Waals surface area contributed by atoms with E-state index >= 15 is 0 Å². The second-order valence-electron chi connectivity index (χ2n) is 1.74. The first-order valence-corrected chi connectivity index (χ1v) is 3.55. The van der Waals surface area contributed by atoms with Gasteiger partial charge in [-0.2, -0.15) is 0 Å². The molecule has 0 aromatic carbocycles. The molecule has 0 spiro atoms. The van der Waals surface area contributed by atoms with Crippen LogP contribution < -0.4 is 0 Å². The molecule has 0 saturated heterocycles. The number of rotatable bonds is 2. The maximum Gasteiger partial charge on any atom is 0.238 e. The van der Waals surface area contributed by atoms with Crippen LogP contribution in [0.25, 0.3) is 6.08 Å². The lowest BCUT2D eigenvalue weighted by Gasteiger charge is -1.79. The summed E-state index contributed by atoms with van der Waals surface area (Å²) in [5.41, 5.74) is 0. The van der Waals surface area contributed by atoms with Gasteiger partial charge in [0.15, 0.2) is 4.67 Å². The third kappa shape index (κ3) is 2.55. The SMILES string of the molecule is O=[N+]([O-])/C=C/c1ccc(Br)o1. The zero-order chi connectivity index (χ0) is 8.27. The maximum atomic E-state index is 9.84. The van der Waals surface area contributed by atoms with Crippen molar-refractivity contribution in [2.75, 3.05) is 0 Å². The second-order valence-corrected chi connectivity index (χ2v) is 2.52. The number of hydrogen-bond acceptors (Lipinski definition) is 3. The molecule has 4 nitrogen and oxygen atoms in total. The zero-order valence-corrected chi connectivity index (χ0v) is 6.95. The van der Waals surface area contributed by atoms with E-state index in [-0.39, 0.29) is 0 Å². The summed E-state index contributed by atoms with van der Waals surface area (Å²) >= 11 is 3.07. The zero-order valence-electron chi connectivity index (χ0n) is 5.36. The molecule has 0 atom stereocenters. The molecule has 1 aromatic rings. The van der Waals surface area contributed by atoms with Gasteiger partial charge in [-0.15, -0.1) is 0 Å². The lowest BCUT2D eigenvalue weighted by Crippen LogP contribution is -1.80. The van der Waals surface area contributed by atoms with E-state index in [0.717, 1.165) is 6.20 Å². The fraction of sp³-hybridized carbons (Fsp3) is 0. The Morgan fingerprint density at radius 2 is 2.36 bits per heavy atom. The van der Waals surface area contributed by atoms with Gasteiger partial charge in [-0.05, 0) is 28.1 Å². The Hall–Kier alpha value is -1.10. The van der Waals surface area contributed by atoms with Crippen LogP contribution in [0.4, 0.5) is 0 Å². The molecular weight excluding hydrogens is 214 g/mol. The van der Waals surface area contributed by atoms with Crippen LogP contribution in [0, 0.1) is 10.1 Å². The van der Waals surface area contributed by atoms with Gasteiger partial charge in [-0.1, -0.05) is 0 Å². The van der Waals surface area contributed by atoms with Crippen LogP contribution in [0.5, 0.6) is 0 Å². The van der Waals surface area contributed by atoms with Crippen LogP contribution in [0.1, 0.15) is 5.76 Å². The molecule has 11 heavy (non-hydrogen) atoms. The fourth-order valence-electron chi connectivity index (χ4n) is 0.552. The molecule has 0 unspecified atom stereocenters. The molecule has 0 aliphatic rings. The van der Waals surface area contributed by atoms with Gasteiger partial charge in [0.1, 0.15) is 5.76 Å². The molecule has 1 aromatic heterocycles. The monoisotopic (exact) mass is 217 g/mol. The summed E-state index contributed by atoms with van der Waals surface area (Å²) in [6.07, 6.45) is 2.11. The van der Waals surface area contributed by atoms with E-state index in [1.165, 1.54) is 6.08 Å². The molecule has 0 saturated carbocycles. The minimum atomic E-state index is -0.545. The largest absolute Gasteiger partial charge is 0.450 e. The van der Waals surface area contributed by atoms with Crippen LogP contribution >= 0.6 is 15.9 Å². The molecule has 0 aliphatic heterocycles. The van der Waals surface area contributed by atoms with Crippen molar-refractivity contribution in [3.63, 3.8) is 0 Å². The number of nitrogens with zero attached hydrogens (tertiary/aromatic N) is 1. The Kier molecular flexibility index (Phi) is 2.43. The lowest BCUT2D eigenvalue weighted by molar-refractivity contribution is -0.401. The van der Waals surface area contributed by atoms with E-state index in [2.05, 4.69) is 15.9 Å². The van der Waals surface area contributed by atoms with Crippen LogP contribution in [0.3, 0.4) is 0 Å². The maximum absolute atomic E-state index is 9.84. The highest BCUT2D eigenvalue weighted by molar-refractivity contribution is 9.10. The van der Waals surface area contributed by atoms with Crippen molar-refractivity contribution in [2.45, 2.75) is 0 Å². The summed E-state index contributed by atoms with van der Waals surface area (Å²) in [6.45, 7) is 0. The minimum absolute atomic E-state index is 0.452. The van der Waals surface area contributed by atoms with Gasteiger partial charge in [0.2, 0.25) is 6.20 Å². The van der Waals surface area contributed by atoms with Crippen molar-refractivity contribution in [2.24, 2.45) is 0 Å². The summed E-state index contributed by atoms with van der Waals surface area (Å²) in [6, 6.07) is 3.30. The van der Waals surface area contributed by atoms with Gasteiger partial charge in [0.25, 0.3) is 0 Å². The van der Waals surface area contributed by atoms with Crippen molar-refractivity contribution in [3.8, 4) is 0 Å². The highest BCUT2D eigenvalue weighted by atomic mass is 79.9. The van der Waals surface area contributed by atoms with E-state index in [1.807, 2.05) is 0 Å². The van der Waals surface area contributed by atoms with Gasteiger partial charge in [-0.3, -0.25) is 10.1 Å². The smallest absolute Gasteiger partial charge is 0.238 e. The van der Waals surface area contributed by atoms with E-state index < -0.39 is 4.92 Å². The van der Waals surface area contributed by atoms with Crippen LogP contribution in [0.15, 0.2) is 27.4 Å². The highest BCUT2D eigenvalue weighted by Crippen LogP contribution is 2.14. The Balaban J connectivity index is 2.71. The molecular formula is C6H4BrNO3. The number of hydrogen-bond donors (Lipinski definition) is 0. The van der Waals surface area contributed by atoms with Gasteiger partial charge in [0.05, 0.1) is 11.0 Å². The Morgan fingerprint density at radius 3 is 2.82 bits per heavy atom. The van der Waals surface area contributed by atoms with Crippen molar-refractivity contribution in [1.82, 2.24) is 0 Å². The first kappa shape index (κ1) is 8.00. The normalized spacial score (nSPS) is 10.6. The van der Waals surface area contributed by atoms with Crippen LogP contribution in [-0.4, -0.2) is 4.92 Å². The summed E-state index contributed by atoms with van der Waals surface area (Å²) in [5, 5.41) is 9.84. The average Bonchev–Trinajstić information content (AvgIpc) is 2.31. The van der Waals surface area contributed by atoms with Crippen LogP contribution in [0.2, 0.25) is 0 Å². The minimum Gasteiger partial charge on any atom is -0.450 e. The van der Waals surface area contributed by atoms with Gasteiger partial charge < -0.3 is 4.42 Å². The summed E-state index contributed by atoms with van der Waals surface area (Å²) < 4.78 is 5.52. The van der Waals surface area contributed by atoms with Crippen molar-refractivity contribution in [3.05, 3.63) is 38.9 Å². The van der Waals surface area contributed by atoms with E-state index in [4.69, 9.17) is 4.42 Å². The second kappa shape index (κ2) is 3.34. The Morgan fingerprint density at radius 1 is 1.64 bits per heavy atom. The Labute approximate surface area is 70.8 Å². The van der Waals surface area contributed by atoms with E-state index in [1.54, 1.807) is 12.1 Å². The predicted octanol–water partition coefficient (Wildman–Crippen LogP) is 2.29. The summed E-state index contributed by atoms with van der Waals surface area (Å²) in [7, 11) is 0. The number of nitro groups is 1. The standard InChI is InChI=1S/C6H4BrNO3/c7-6-2-1-5(11-6)3-4-8(9)10/h1-4H/b4-3+. The molecule has 5 heteroatoms. The van der Waals surface area contributed by atoms with E-state index in [0.29, 0.717) is 10.4 Å². The molecule has 1 rings (SSSR count). The molecule has 0 radical (unpaired) electrons. The molecule has 0 bridgehead atoms. The van der Waals surface area contributed by atoms with Crippen molar-refractivity contribution < 1.29 is 9.34 Å². The van der Waals surface area contributed by atoms with Gasteiger partial charge in [0, 0.05) is 0 Å². The highest BCUT2D eigenvalue weighted by Gasteiger charge is 1.95. The quantitative estimate of drug-likeness (QED) is 0.565. The van der Waals surface area contributed by atoms with Gasteiger partial charge in [-0.25, -0.2) is 0 Å². The molecule has 0 fully saturated rings. The molecule has 58 valence electrons. The topological polar surface area (TPSA) is 56.3 Å². The molecule has 1 heterocycles. The molecule has 0 N–H and O–H groups in total. The fourth-order valence-corrected chi connectivity index (χ4v) is 0.871. The Bertz CT molecular complexity index is 292. The first-order chi connectivity index (χ1) is 5.18. The third-order valence-corrected chi connectivity index (χ3v) is 1.38. The lowest BCUT2D eigenvalue weighted by atomic mass is 10.4. The van der Waals surface area contributed by atoms with E-state index in [9.17, 15) is 10.1 Å². The summed E-state index contributed by atoms with van der Waals surface area (Å²) in [5.74, 6) is 0.452.